The average Bonchev–Trinajstić information content (AvgIpc) is 3.02. The van der Waals surface area contributed by atoms with Gasteiger partial charge in [0.15, 0.2) is 0 Å². The minimum Gasteiger partial charge on any atom is -0.390 e. The molecular formula is C18H21ClN4O2. The van der Waals surface area contributed by atoms with Crippen molar-refractivity contribution in [3.63, 3.8) is 0 Å². The summed E-state index contributed by atoms with van der Waals surface area (Å²) < 4.78 is 0. The fourth-order valence-corrected chi connectivity index (χ4v) is 2.75. The fraction of sp³-hybridized carbons (Fsp3) is 0.389. The Bertz CT molecular complexity index is 697. The van der Waals surface area contributed by atoms with Crippen LogP contribution in [0.15, 0.2) is 36.0 Å². The van der Waals surface area contributed by atoms with Crippen molar-refractivity contribution in [3.8, 4) is 6.07 Å². The van der Waals surface area contributed by atoms with E-state index < -0.39 is 5.91 Å². The molecule has 0 saturated carbocycles. The van der Waals surface area contributed by atoms with Crippen LogP contribution in [0, 0.1) is 11.3 Å². The summed E-state index contributed by atoms with van der Waals surface area (Å²) in [6, 6.07) is 9.09. The summed E-state index contributed by atoms with van der Waals surface area (Å²) in [4.78, 5) is 25.4. The molecule has 1 saturated heterocycles. The zero-order chi connectivity index (χ0) is 18.1. The molecule has 1 aromatic carbocycles. The van der Waals surface area contributed by atoms with Gasteiger partial charge in [0.25, 0.3) is 5.91 Å². The summed E-state index contributed by atoms with van der Waals surface area (Å²) in [5.41, 5.74) is 0.794. The third-order valence-electron chi connectivity index (χ3n) is 3.93. The highest BCUT2D eigenvalue weighted by Crippen LogP contribution is 2.14. The van der Waals surface area contributed by atoms with Crippen molar-refractivity contribution in [3.05, 3.63) is 46.6 Å². The van der Waals surface area contributed by atoms with E-state index in [0.29, 0.717) is 24.5 Å². The number of nitrogens with zero attached hydrogens (tertiary/aromatic N) is 2. The van der Waals surface area contributed by atoms with Gasteiger partial charge >= 0.3 is 0 Å². The van der Waals surface area contributed by atoms with Crippen LogP contribution in [-0.2, 0) is 16.1 Å². The van der Waals surface area contributed by atoms with Crippen molar-refractivity contribution in [2.24, 2.45) is 0 Å². The first kappa shape index (κ1) is 18.8. The van der Waals surface area contributed by atoms with Crippen LogP contribution in [0.4, 0.5) is 0 Å². The number of hydrogen-bond acceptors (Lipinski definition) is 4. The highest BCUT2D eigenvalue weighted by molar-refractivity contribution is 6.31. The first-order chi connectivity index (χ1) is 12.1. The van der Waals surface area contributed by atoms with Gasteiger partial charge in [-0.05, 0) is 24.5 Å². The topological polar surface area (TPSA) is 85.2 Å². The van der Waals surface area contributed by atoms with Gasteiger partial charge < -0.3 is 15.5 Å². The van der Waals surface area contributed by atoms with Gasteiger partial charge in [0.2, 0.25) is 5.91 Å². The zero-order valence-electron chi connectivity index (χ0n) is 13.9. The molecule has 1 heterocycles. The molecule has 132 valence electrons. The molecule has 0 spiro atoms. The Labute approximate surface area is 152 Å². The fourth-order valence-electron chi connectivity index (χ4n) is 2.55. The van der Waals surface area contributed by atoms with Gasteiger partial charge in [-0.2, -0.15) is 5.26 Å². The molecule has 2 amide bonds. The molecule has 0 aliphatic carbocycles. The minimum atomic E-state index is -0.454. The summed E-state index contributed by atoms with van der Waals surface area (Å²) in [5, 5.41) is 15.3. The Balaban J connectivity index is 1.73. The van der Waals surface area contributed by atoms with E-state index in [1.165, 1.54) is 6.20 Å². The summed E-state index contributed by atoms with van der Waals surface area (Å²) in [7, 11) is 0. The number of likely N-dealkylation sites (tertiary alicyclic amines) is 1. The monoisotopic (exact) mass is 360 g/mol. The first-order valence-corrected chi connectivity index (χ1v) is 8.62. The van der Waals surface area contributed by atoms with E-state index in [4.69, 9.17) is 16.9 Å². The highest BCUT2D eigenvalue weighted by Gasteiger charge is 2.18. The van der Waals surface area contributed by atoms with E-state index in [0.717, 1.165) is 24.9 Å². The quantitative estimate of drug-likeness (QED) is 0.421. The standard InChI is InChI=1S/C18H21ClN4O2/c19-16-6-2-1-5-14(16)13-22-18(25)15(11-20)12-21-8-4-10-23-9-3-7-17(23)24/h1-2,5-6,12,21H,3-4,7-10,13H2,(H,22,25)/b15-12-. The van der Waals surface area contributed by atoms with Gasteiger partial charge in [-0.15, -0.1) is 0 Å². The lowest BCUT2D eigenvalue weighted by molar-refractivity contribution is -0.127. The predicted octanol–water partition coefficient (Wildman–Crippen LogP) is 1.97. The van der Waals surface area contributed by atoms with Crippen molar-refractivity contribution in [2.45, 2.75) is 25.8 Å². The van der Waals surface area contributed by atoms with Crippen LogP contribution >= 0.6 is 11.6 Å². The van der Waals surface area contributed by atoms with Gasteiger partial charge in [0, 0.05) is 43.8 Å². The Morgan fingerprint density at radius 1 is 1.40 bits per heavy atom. The maximum absolute atomic E-state index is 12.0. The second-order valence-corrected chi connectivity index (χ2v) is 6.14. The Hall–Kier alpha value is -2.52. The summed E-state index contributed by atoms with van der Waals surface area (Å²) >= 11 is 6.03. The molecule has 0 atom stereocenters. The number of carbonyl (C=O) groups excluding carboxylic acids is 2. The average molecular weight is 361 g/mol. The third kappa shape index (κ3) is 5.80. The number of rotatable bonds is 8. The summed E-state index contributed by atoms with van der Waals surface area (Å²) in [6.45, 7) is 2.37. The lowest BCUT2D eigenvalue weighted by Gasteiger charge is -2.14. The van der Waals surface area contributed by atoms with E-state index >= 15 is 0 Å². The van der Waals surface area contributed by atoms with E-state index in [2.05, 4.69) is 10.6 Å². The molecule has 1 fully saturated rings. The van der Waals surface area contributed by atoms with Crippen LogP contribution in [0.1, 0.15) is 24.8 Å². The van der Waals surface area contributed by atoms with Crippen LogP contribution in [-0.4, -0.2) is 36.3 Å². The zero-order valence-corrected chi connectivity index (χ0v) is 14.7. The second kappa shape index (κ2) is 9.70. The van der Waals surface area contributed by atoms with Crippen molar-refractivity contribution in [2.75, 3.05) is 19.6 Å². The number of nitriles is 1. The van der Waals surface area contributed by atoms with Gasteiger partial charge in [0.05, 0.1) is 0 Å². The lowest BCUT2D eigenvalue weighted by Crippen LogP contribution is -2.28. The molecule has 0 aromatic heterocycles. The number of nitrogens with one attached hydrogen (secondary N) is 2. The lowest BCUT2D eigenvalue weighted by atomic mass is 10.2. The number of benzene rings is 1. The molecule has 1 aromatic rings. The molecule has 0 bridgehead atoms. The number of halogens is 1. The molecular weight excluding hydrogens is 340 g/mol. The number of hydrogen-bond donors (Lipinski definition) is 2. The first-order valence-electron chi connectivity index (χ1n) is 8.25. The molecule has 0 radical (unpaired) electrons. The molecule has 1 aliphatic heterocycles. The van der Waals surface area contributed by atoms with Crippen LogP contribution in [0.25, 0.3) is 0 Å². The van der Waals surface area contributed by atoms with E-state index in [-0.39, 0.29) is 18.0 Å². The van der Waals surface area contributed by atoms with Crippen LogP contribution in [0.3, 0.4) is 0 Å². The molecule has 2 N–H and O–H groups in total. The SMILES string of the molecule is N#C/C(=C/NCCCN1CCCC1=O)C(=O)NCc1ccccc1Cl. The van der Waals surface area contributed by atoms with Crippen molar-refractivity contribution < 1.29 is 9.59 Å². The molecule has 2 rings (SSSR count). The molecule has 6 nitrogen and oxygen atoms in total. The van der Waals surface area contributed by atoms with Gasteiger partial charge in [-0.3, -0.25) is 9.59 Å². The minimum absolute atomic E-state index is 0.00398. The predicted molar refractivity (Wildman–Crippen MR) is 95.4 cm³/mol. The summed E-state index contributed by atoms with van der Waals surface area (Å²) in [6.07, 6.45) is 3.74. The van der Waals surface area contributed by atoms with Gasteiger partial charge in [-0.25, -0.2) is 0 Å². The highest BCUT2D eigenvalue weighted by atomic mass is 35.5. The smallest absolute Gasteiger partial charge is 0.263 e. The maximum Gasteiger partial charge on any atom is 0.263 e. The Kier molecular flexibility index (Phi) is 7.30. The van der Waals surface area contributed by atoms with Gasteiger partial charge in [-0.1, -0.05) is 29.8 Å². The summed E-state index contributed by atoms with van der Waals surface area (Å²) in [5.74, 6) is -0.253. The van der Waals surface area contributed by atoms with Crippen molar-refractivity contribution in [1.82, 2.24) is 15.5 Å². The molecule has 7 heteroatoms. The van der Waals surface area contributed by atoms with Crippen LogP contribution < -0.4 is 10.6 Å². The van der Waals surface area contributed by atoms with Crippen LogP contribution in [0.2, 0.25) is 5.02 Å². The van der Waals surface area contributed by atoms with E-state index in [1.807, 2.05) is 29.2 Å². The molecule has 1 aliphatic rings. The maximum atomic E-state index is 12.0. The second-order valence-electron chi connectivity index (χ2n) is 5.74. The number of carbonyl (C=O) groups is 2. The van der Waals surface area contributed by atoms with E-state index in [1.54, 1.807) is 6.07 Å². The Morgan fingerprint density at radius 3 is 2.88 bits per heavy atom. The van der Waals surface area contributed by atoms with Crippen LogP contribution in [0.5, 0.6) is 0 Å². The normalized spacial score (nSPS) is 14.3. The van der Waals surface area contributed by atoms with Crippen molar-refractivity contribution >= 4 is 23.4 Å². The van der Waals surface area contributed by atoms with Crippen molar-refractivity contribution in [1.29, 1.82) is 5.26 Å². The molecule has 25 heavy (non-hydrogen) atoms. The largest absolute Gasteiger partial charge is 0.390 e. The Morgan fingerprint density at radius 2 is 2.20 bits per heavy atom. The third-order valence-corrected chi connectivity index (χ3v) is 4.30. The molecule has 0 unspecified atom stereocenters. The number of amides is 2. The van der Waals surface area contributed by atoms with Gasteiger partial charge in [0.1, 0.15) is 11.6 Å². The van der Waals surface area contributed by atoms with E-state index in [9.17, 15) is 9.59 Å².